The minimum absolute atomic E-state index is 0.288. The maximum atomic E-state index is 11.9. The van der Waals surface area contributed by atoms with E-state index in [1.807, 2.05) is 6.92 Å². The number of aryl methyl sites for hydroxylation is 1. The Morgan fingerprint density at radius 1 is 1.39 bits per heavy atom. The van der Waals surface area contributed by atoms with Gasteiger partial charge in [-0.15, -0.1) is 11.3 Å². The average molecular weight is 332 g/mol. The van der Waals surface area contributed by atoms with Crippen molar-refractivity contribution in [2.24, 2.45) is 0 Å². The lowest BCUT2D eigenvalue weighted by molar-refractivity contribution is 0.181. The van der Waals surface area contributed by atoms with Crippen molar-refractivity contribution in [3.8, 4) is 0 Å². The standard InChI is InChI=1S/C15H16N4O3S/c1-10-16-8-13(23-10)9-17-14(20)18-11-2-4-12(5-3-11)19-6-7-22-15(19)21/h2-5,8H,6-7,9H2,1H3,(H2,17,18,20). The fraction of sp³-hybridized carbons (Fsp3) is 0.267. The van der Waals surface area contributed by atoms with Crippen molar-refractivity contribution in [2.45, 2.75) is 13.5 Å². The second-order valence-corrected chi connectivity index (χ2v) is 6.29. The number of cyclic esters (lactones) is 1. The number of ether oxygens (including phenoxy) is 1. The number of urea groups is 1. The fourth-order valence-electron chi connectivity index (χ4n) is 2.18. The van der Waals surface area contributed by atoms with E-state index in [0.29, 0.717) is 25.4 Å². The summed E-state index contributed by atoms with van der Waals surface area (Å²) in [6.07, 6.45) is 1.41. The first-order valence-electron chi connectivity index (χ1n) is 7.12. The number of rotatable bonds is 4. The van der Waals surface area contributed by atoms with Gasteiger partial charge in [-0.25, -0.2) is 14.6 Å². The highest BCUT2D eigenvalue weighted by atomic mass is 32.1. The zero-order valence-electron chi connectivity index (χ0n) is 12.5. The molecule has 2 aromatic rings. The number of benzene rings is 1. The fourth-order valence-corrected chi connectivity index (χ4v) is 2.92. The van der Waals surface area contributed by atoms with Crippen LogP contribution in [-0.4, -0.2) is 30.3 Å². The molecule has 1 aliphatic rings. The zero-order chi connectivity index (χ0) is 16.2. The minimum atomic E-state index is -0.344. The Bertz CT molecular complexity index is 714. The summed E-state index contributed by atoms with van der Waals surface area (Å²) >= 11 is 1.55. The van der Waals surface area contributed by atoms with Crippen LogP contribution in [0.3, 0.4) is 0 Å². The first-order chi connectivity index (χ1) is 11.1. The van der Waals surface area contributed by atoms with Crippen molar-refractivity contribution in [3.63, 3.8) is 0 Å². The number of hydrogen-bond acceptors (Lipinski definition) is 5. The van der Waals surface area contributed by atoms with E-state index in [2.05, 4.69) is 15.6 Å². The number of aromatic nitrogens is 1. The summed E-state index contributed by atoms with van der Waals surface area (Å²) in [5, 5.41) is 6.49. The molecule has 0 spiro atoms. The van der Waals surface area contributed by atoms with Gasteiger partial charge in [-0.05, 0) is 31.2 Å². The normalized spacial score (nSPS) is 13.8. The SMILES string of the molecule is Cc1ncc(CNC(=O)Nc2ccc(N3CCOC3=O)cc2)s1. The lowest BCUT2D eigenvalue weighted by Gasteiger charge is -2.13. The summed E-state index contributed by atoms with van der Waals surface area (Å²) in [7, 11) is 0. The van der Waals surface area contributed by atoms with E-state index in [0.717, 1.165) is 15.6 Å². The van der Waals surface area contributed by atoms with Crippen LogP contribution >= 0.6 is 11.3 Å². The maximum Gasteiger partial charge on any atom is 0.414 e. The molecule has 1 saturated heterocycles. The topological polar surface area (TPSA) is 83.6 Å². The number of carbonyl (C=O) groups excluding carboxylic acids is 2. The van der Waals surface area contributed by atoms with Gasteiger partial charge in [-0.3, -0.25) is 4.90 Å². The molecule has 0 bridgehead atoms. The number of thiazole rings is 1. The molecular weight excluding hydrogens is 316 g/mol. The number of nitrogens with one attached hydrogen (secondary N) is 2. The van der Waals surface area contributed by atoms with Crippen LogP contribution in [0, 0.1) is 6.92 Å². The van der Waals surface area contributed by atoms with Crippen molar-refractivity contribution in [1.29, 1.82) is 0 Å². The molecular formula is C15H16N4O3S. The third-order valence-electron chi connectivity index (χ3n) is 3.29. The zero-order valence-corrected chi connectivity index (χ0v) is 13.4. The smallest absolute Gasteiger partial charge is 0.414 e. The van der Waals surface area contributed by atoms with Gasteiger partial charge in [0.2, 0.25) is 0 Å². The Labute approximate surface area is 137 Å². The number of carbonyl (C=O) groups is 2. The van der Waals surface area contributed by atoms with Crippen molar-refractivity contribution in [1.82, 2.24) is 10.3 Å². The van der Waals surface area contributed by atoms with E-state index in [1.165, 1.54) is 0 Å². The minimum Gasteiger partial charge on any atom is -0.447 e. The predicted octanol–water partition coefficient (Wildman–Crippen LogP) is 2.73. The van der Waals surface area contributed by atoms with Crippen LogP contribution in [0.2, 0.25) is 0 Å². The third-order valence-corrected chi connectivity index (χ3v) is 4.20. The number of hydrogen-bond donors (Lipinski definition) is 2. The molecule has 120 valence electrons. The Hall–Kier alpha value is -2.61. The van der Waals surface area contributed by atoms with E-state index in [4.69, 9.17) is 4.74 Å². The van der Waals surface area contributed by atoms with E-state index in [1.54, 1.807) is 46.7 Å². The largest absolute Gasteiger partial charge is 0.447 e. The molecule has 0 radical (unpaired) electrons. The van der Waals surface area contributed by atoms with Gasteiger partial charge in [-0.1, -0.05) is 0 Å². The lowest BCUT2D eigenvalue weighted by Crippen LogP contribution is -2.28. The van der Waals surface area contributed by atoms with E-state index < -0.39 is 0 Å². The van der Waals surface area contributed by atoms with Crippen LogP contribution in [-0.2, 0) is 11.3 Å². The number of anilines is 2. The maximum absolute atomic E-state index is 11.9. The molecule has 1 aromatic heterocycles. The molecule has 0 unspecified atom stereocenters. The van der Waals surface area contributed by atoms with Crippen LogP contribution < -0.4 is 15.5 Å². The molecule has 0 saturated carbocycles. The van der Waals surface area contributed by atoms with Gasteiger partial charge < -0.3 is 15.4 Å². The van der Waals surface area contributed by atoms with E-state index in [-0.39, 0.29) is 12.1 Å². The Balaban J connectivity index is 1.53. The highest BCUT2D eigenvalue weighted by Crippen LogP contribution is 2.21. The molecule has 2 N–H and O–H groups in total. The average Bonchev–Trinajstić information content (AvgIpc) is 3.14. The molecule has 23 heavy (non-hydrogen) atoms. The van der Waals surface area contributed by atoms with Gasteiger partial charge in [0.25, 0.3) is 0 Å². The summed E-state index contributed by atoms with van der Waals surface area (Å²) in [5.74, 6) is 0. The van der Waals surface area contributed by atoms with Crippen molar-refractivity contribution in [3.05, 3.63) is 40.3 Å². The second-order valence-electron chi connectivity index (χ2n) is 4.97. The molecule has 1 aliphatic heterocycles. The number of amides is 3. The highest BCUT2D eigenvalue weighted by Gasteiger charge is 2.23. The van der Waals surface area contributed by atoms with Gasteiger partial charge in [0.05, 0.1) is 18.1 Å². The van der Waals surface area contributed by atoms with E-state index >= 15 is 0 Å². The quantitative estimate of drug-likeness (QED) is 0.902. The molecule has 3 rings (SSSR count). The Morgan fingerprint density at radius 3 is 2.78 bits per heavy atom. The van der Waals surface area contributed by atoms with Crippen molar-refractivity contribution in [2.75, 3.05) is 23.4 Å². The van der Waals surface area contributed by atoms with Crippen LogP contribution in [0.1, 0.15) is 9.88 Å². The van der Waals surface area contributed by atoms with E-state index in [9.17, 15) is 9.59 Å². The van der Waals surface area contributed by atoms with Gasteiger partial charge in [0.15, 0.2) is 0 Å². The summed E-state index contributed by atoms with van der Waals surface area (Å²) in [6, 6.07) is 6.75. The van der Waals surface area contributed by atoms with Gasteiger partial charge in [0.1, 0.15) is 6.61 Å². The summed E-state index contributed by atoms with van der Waals surface area (Å²) < 4.78 is 4.89. The predicted molar refractivity (Wildman–Crippen MR) is 87.8 cm³/mol. The molecule has 7 nitrogen and oxygen atoms in total. The highest BCUT2D eigenvalue weighted by molar-refractivity contribution is 7.11. The van der Waals surface area contributed by atoms with Gasteiger partial charge >= 0.3 is 12.1 Å². The van der Waals surface area contributed by atoms with Crippen LogP contribution in [0.25, 0.3) is 0 Å². The molecule has 0 atom stereocenters. The van der Waals surface area contributed by atoms with Crippen molar-refractivity contribution < 1.29 is 14.3 Å². The lowest BCUT2D eigenvalue weighted by atomic mass is 10.2. The van der Waals surface area contributed by atoms with Crippen LogP contribution in [0.15, 0.2) is 30.5 Å². The molecule has 0 aliphatic carbocycles. The third kappa shape index (κ3) is 3.78. The number of nitrogens with zero attached hydrogens (tertiary/aromatic N) is 2. The summed E-state index contributed by atoms with van der Waals surface area (Å²) in [6.45, 7) is 3.31. The monoisotopic (exact) mass is 332 g/mol. The first kappa shape index (κ1) is 15.3. The van der Waals surface area contributed by atoms with Gasteiger partial charge in [-0.2, -0.15) is 0 Å². The molecule has 1 aromatic carbocycles. The molecule has 1 fully saturated rings. The van der Waals surface area contributed by atoms with Crippen LogP contribution in [0.4, 0.5) is 21.0 Å². The molecule has 2 heterocycles. The van der Waals surface area contributed by atoms with Gasteiger partial charge in [0, 0.05) is 22.4 Å². The molecule has 3 amide bonds. The molecule has 8 heteroatoms. The first-order valence-corrected chi connectivity index (χ1v) is 7.94. The second kappa shape index (κ2) is 6.66. The Morgan fingerprint density at radius 2 is 2.17 bits per heavy atom. The summed E-state index contributed by atoms with van der Waals surface area (Å²) in [4.78, 5) is 30.0. The van der Waals surface area contributed by atoms with Crippen LogP contribution in [0.5, 0.6) is 0 Å². The summed E-state index contributed by atoms with van der Waals surface area (Å²) in [5.41, 5.74) is 1.40. The van der Waals surface area contributed by atoms with Crippen molar-refractivity contribution >= 4 is 34.8 Å². The Kier molecular flexibility index (Phi) is 4.42.